The highest BCUT2D eigenvalue weighted by molar-refractivity contribution is 7.14. The van der Waals surface area contributed by atoms with Crippen LogP contribution in [0.4, 0.5) is 11.4 Å². The van der Waals surface area contributed by atoms with E-state index in [1.807, 2.05) is 137 Å². The number of thiophene rings is 2. The van der Waals surface area contributed by atoms with Crippen molar-refractivity contribution in [1.29, 1.82) is 0 Å². The van der Waals surface area contributed by atoms with Crippen LogP contribution in [0.5, 0.6) is 0 Å². The first-order valence-corrected chi connectivity index (χ1v) is 24.0. The monoisotopic (exact) mass is 896 g/mol. The van der Waals surface area contributed by atoms with E-state index in [-0.39, 0.29) is 48.8 Å². The molecule has 10 heteroatoms. The summed E-state index contributed by atoms with van der Waals surface area (Å²) in [5, 5.41) is 14.3. The molecule has 2 heterocycles. The fourth-order valence-electron chi connectivity index (χ4n) is 9.34. The molecule has 0 fully saturated rings. The van der Waals surface area contributed by atoms with Crippen LogP contribution in [0.2, 0.25) is 0 Å². The van der Waals surface area contributed by atoms with Crippen LogP contribution in [0, 0.1) is 13.8 Å². The zero-order chi connectivity index (χ0) is 45.5. The Kier molecular flexibility index (Phi) is 12.1. The fraction of sp³-hybridized carbons (Fsp3) is 0.236. The number of hydrogen-bond acceptors (Lipinski definition) is 6. The predicted molar refractivity (Wildman–Crippen MR) is 271 cm³/mol. The van der Waals surface area contributed by atoms with E-state index in [1.54, 1.807) is 9.80 Å². The number of carbonyl (C=O) groups excluding carboxylic acids is 4. The molecule has 2 N–H and O–H groups in total. The van der Waals surface area contributed by atoms with Crippen LogP contribution < -0.4 is 10.6 Å². The summed E-state index contributed by atoms with van der Waals surface area (Å²) in [5.74, 6) is -0.862. The van der Waals surface area contributed by atoms with Gasteiger partial charge in [0.15, 0.2) is 0 Å². The van der Waals surface area contributed by atoms with E-state index >= 15 is 0 Å². The highest BCUT2D eigenvalue weighted by atomic mass is 32.1. The van der Waals surface area contributed by atoms with Crippen LogP contribution in [-0.4, -0.2) is 58.6 Å². The number of rotatable bonds is 12. The largest absolute Gasteiger partial charge is 0.326 e. The van der Waals surface area contributed by atoms with Crippen LogP contribution in [0.1, 0.15) is 87.2 Å². The Bertz CT molecular complexity index is 2910. The van der Waals surface area contributed by atoms with Gasteiger partial charge in [0, 0.05) is 43.4 Å². The summed E-state index contributed by atoms with van der Waals surface area (Å²) in [7, 11) is 0. The molecule has 0 saturated carbocycles. The third-order valence-electron chi connectivity index (χ3n) is 12.6. The molecule has 0 aliphatic heterocycles. The first-order chi connectivity index (χ1) is 31.4. The molecule has 0 radical (unpaired) electrons. The third-order valence-corrected chi connectivity index (χ3v) is 14.7. The number of hydrogen-bond donors (Lipinski definition) is 2. The number of amides is 4. The molecule has 328 valence electrons. The molecule has 1 aliphatic carbocycles. The van der Waals surface area contributed by atoms with Crippen molar-refractivity contribution in [2.75, 3.05) is 23.7 Å². The van der Waals surface area contributed by atoms with Gasteiger partial charge in [-0.2, -0.15) is 0 Å². The molecule has 0 atom stereocenters. The van der Waals surface area contributed by atoms with Crippen molar-refractivity contribution in [3.63, 3.8) is 0 Å². The maximum atomic E-state index is 14.3. The average molecular weight is 897 g/mol. The summed E-state index contributed by atoms with van der Waals surface area (Å²) >= 11 is 2.92. The van der Waals surface area contributed by atoms with E-state index in [4.69, 9.17) is 0 Å². The molecule has 0 spiro atoms. The number of aryl methyl sites for hydroxylation is 2. The molecule has 6 aromatic carbocycles. The molecule has 65 heavy (non-hydrogen) atoms. The van der Waals surface area contributed by atoms with Gasteiger partial charge in [0.2, 0.25) is 11.8 Å². The van der Waals surface area contributed by atoms with Crippen LogP contribution in [-0.2, 0) is 9.59 Å². The van der Waals surface area contributed by atoms with Gasteiger partial charge in [-0.1, -0.05) is 97.1 Å². The average Bonchev–Trinajstić information content (AvgIpc) is 4.04. The summed E-state index contributed by atoms with van der Waals surface area (Å²) in [5.41, 5.74) is 5.96. The number of allylic oxidation sites excluding steroid dienone is 2. The number of nitrogens with zero attached hydrogens (tertiary/aromatic N) is 2. The number of nitrogens with one attached hydrogen (secondary N) is 2. The van der Waals surface area contributed by atoms with Gasteiger partial charge in [-0.15, -0.1) is 22.7 Å². The zero-order valence-corrected chi connectivity index (χ0v) is 39.2. The lowest BCUT2D eigenvalue weighted by Crippen LogP contribution is -2.42. The molecule has 2 aromatic heterocycles. The second kappa shape index (κ2) is 18.1. The van der Waals surface area contributed by atoms with Crippen molar-refractivity contribution < 1.29 is 19.2 Å². The minimum absolute atomic E-state index is 0.0890. The second-order valence-electron chi connectivity index (χ2n) is 17.5. The van der Waals surface area contributed by atoms with E-state index in [0.29, 0.717) is 9.75 Å². The zero-order valence-electron chi connectivity index (χ0n) is 37.6. The number of fused-ring (bicyclic) bond motifs is 4. The van der Waals surface area contributed by atoms with Crippen LogP contribution in [0.25, 0.3) is 54.2 Å². The highest BCUT2D eigenvalue weighted by Crippen LogP contribution is 2.45. The minimum Gasteiger partial charge on any atom is -0.326 e. The Morgan fingerprint density at radius 2 is 0.831 bits per heavy atom. The summed E-state index contributed by atoms with van der Waals surface area (Å²) in [6.45, 7) is 11.7. The van der Waals surface area contributed by atoms with Gasteiger partial charge < -0.3 is 20.4 Å². The van der Waals surface area contributed by atoms with Crippen molar-refractivity contribution in [3.05, 3.63) is 152 Å². The minimum atomic E-state index is -0.253. The summed E-state index contributed by atoms with van der Waals surface area (Å²) in [4.78, 5) is 63.0. The molecule has 0 bridgehead atoms. The van der Waals surface area contributed by atoms with Gasteiger partial charge in [0.05, 0.1) is 21.1 Å². The molecule has 0 unspecified atom stereocenters. The lowest BCUT2D eigenvalue weighted by molar-refractivity contribution is -0.117. The number of anilines is 2. The van der Waals surface area contributed by atoms with E-state index in [2.05, 4.69) is 36.6 Å². The molecule has 0 saturated heterocycles. The molecular weight excluding hydrogens is 845 g/mol. The molecular formula is C55H52N4O4S2. The lowest BCUT2D eigenvalue weighted by Gasteiger charge is -2.26. The molecule has 1 aliphatic rings. The van der Waals surface area contributed by atoms with Crippen molar-refractivity contribution >= 4 is 112 Å². The summed E-state index contributed by atoms with van der Waals surface area (Å²) in [6, 6.07) is 39.9. The van der Waals surface area contributed by atoms with Gasteiger partial charge in [-0.3, -0.25) is 19.2 Å². The van der Waals surface area contributed by atoms with Crippen LogP contribution in [0.3, 0.4) is 0 Å². The smallest absolute Gasteiger partial charge is 0.264 e. The molecule has 8 nitrogen and oxygen atoms in total. The predicted octanol–water partition coefficient (Wildman–Crippen LogP) is 13.1. The maximum Gasteiger partial charge on any atom is 0.264 e. The molecule has 4 amide bonds. The Labute approximate surface area is 387 Å². The first-order valence-electron chi connectivity index (χ1n) is 22.3. The van der Waals surface area contributed by atoms with Gasteiger partial charge in [0.25, 0.3) is 11.8 Å². The second-order valence-corrected chi connectivity index (χ2v) is 20.0. The van der Waals surface area contributed by atoms with Crippen molar-refractivity contribution in [2.24, 2.45) is 0 Å². The SMILES string of the molecule is Cc1sc(C(=O)N(CC(=O)Nc2c3ccccc3cc3ccccc23)C(C)C)cc1C1=C(c2cc(C(=O)N(CC(=O)Nc3c4ccccc4cc4ccccc34)C(C)C)sc2C)CCC1. The van der Waals surface area contributed by atoms with Gasteiger partial charge >= 0.3 is 0 Å². The highest BCUT2D eigenvalue weighted by Gasteiger charge is 2.30. The lowest BCUT2D eigenvalue weighted by atomic mass is 9.97. The standard InChI is InChI=1S/C55H52N4O4S2/c1-32(2)58(30-50(60)56-52-40-20-11-7-16-36(40)26-37-17-8-12-21-41(37)52)54(62)48-28-46(34(5)64-48)44-24-15-25-45(44)47-29-49(65-35(47)6)55(63)59(33(3)4)31-51(61)57-53-42-22-13-9-18-38(42)27-39-19-10-14-23-43(39)53/h7-14,16-23,26-29,32-33H,15,24-25,30-31H2,1-6H3,(H,56,60)(H,57,61). The maximum absolute atomic E-state index is 14.3. The first kappa shape index (κ1) is 43.6. The van der Waals surface area contributed by atoms with E-state index in [9.17, 15) is 19.2 Å². The van der Waals surface area contributed by atoms with Crippen molar-refractivity contribution in [1.82, 2.24) is 9.80 Å². The quantitative estimate of drug-likeness (QED) is 0.119. The summed E-state index contributed by atoms with van der Waals surface area (Å²) < 4.78 is 0. The molecule has 9 rings (SSSR count). The van der Waals surface area contributed by atoms with Crippen LogP contribution in [0.15, 0.2) is 121 Å². The van der Waals surface area contributed by atoms with Crippen molar-refractivity contribution in [2.45, 2.75) is 72.9 Å². The Morgan fingerprint density at radius 1 is 0.508 bits per heavy atom. The van der Waals surface area contributed by atoms with Crippen LogP contribution >= 0.6 is 22.7 Å². The molecule has 8 aromatic rings. The van der Waals surface area contributed by atoms with E-state index < -0.39 is 0 Å². The number of benzene rings is 6. The van der Waals surface area contributed by atoms with E-state index in [0.717, 1.165) is 94.6 Å². The fourth-order valence-corrected chi connectivity index (χ4v) is 11.3. The van der Waals surface area contributed by atoms with Gasteiger partial charge in [0.1, 0.15) is 13.1 Å². The normalized spacial score (nSPS) is 12.9. The number of carbonyl (C=O) groups is 4. The Balaban J connectivity index is 0.939. The summed E-state index contributed by atoms with van der Waals surface area (Å²) in [6.07, 6.45) is 2.68. The van der Waals surface area contributed by atoms with Gasteiger partial charge in [-0.25, -0.2) is 0 Å². The van der Waals surface area contributed by atoms with Crippen molar-refractivity contribution in [3.8, 4) is 0 Å². The Hall–Kier alpha value is -6.62. The van der Waals surface area contributed by atoms with E-state index in [1.165, 1.54) is 33.8 Å². The Morgan fingerprint density at radius 3 is 1.15 bits per heavy atom. The van der Waals surface area contributed by atoms with Gasteiger partial charge in [-0.05, 0) is 129 Å². The third kappa shape index (κ3) is 8.56. The topological polar surface area (TPSA) is 98.8 Å².